The quantitative estimate of drug-likeness (QED) is 0.569. The SMILES string of the molecule is CCS(=O)(=O)CCC(NC(=O)c1ccc2c(c1)C(=O)N(c1ccc(F)cc1)C2=O)C(=O)O. The van der Waals surface area contributed by atoms with Crippen molar-refractivity contribution in [2.75, 3.05) is 16.4 Å². The minimum atomic E-state index is -3.43. The molecule has 3 amide bonds. The topological polar surface area (TPSA) is 138 Å². The molecule has 0 aliphatic carbocycles. The van der Waals surface area contributed by atoms with Gasteiger partial charge in [-0.05, 0) is 48.9 Å². The zero-order chi connectivity index (χ0) is 23.6. The van der Waals surface area contributed by atoms with Crippen molar-refractivity contribution in [3.63, 3.8) is 0 Å². The number of rotatable bonds is 8. The Balaban J connectivity index is 1.81. The van der Waals surface area contributed by atoms with Crippen molar-refractivity contribution in [1.82, 2.24) is 5.32 Å². The summed E-state index contributed by atoms with van der Waals surface area (Å²) in [6.45, 7) is 1.43. The molecule has 2 N–H and O–H groups in total. The summed E-state index contributed by atoms with van der Waals surface area (Å²) in [6, 6.07) is 6.98. The summed E-state index contributed by atoms with van der Waals surface area (Å²) in [5, 5.41) is 11.6. The number of hydrogen-bond donors (Lipinski definition) is 2. The maximum absolute atomic E-state index is 13.2. The number of aliphatic carboxylic acids is 1. The van der Waals surface area contributed by atoms with Crippen LogP contribution in [0.3, 0.4) is 0 Å². The molecule has 1 unspecified atom stereocenters. The second-order valence-corrected chi connectivity index (χ2v) is 9.54. The summed E-state index contributed by atoms with van der Waals surface area (Å²) < 4.78 is 36.5. The van der Waals surface area contributed by atoms with Crippen molar-refractivity contribution in [3.05, 3.63) is 65.0 Å². The highest BCUT2D eigenvalue weighted by Gasteiger charge is 2.37. The van der Waals surface area contributed by atoms with Gasteiger partial charge in [0.1, 0.15) is 21.7 Å². The van der Waals surface area contributed by atoms with Crippen LogP contribution in [0, 0.1) is 5.82 Å². The van der Waals surface area contributed by atoms with Gasteiger partial charge >= 0.3 is 5.97 Å². The zero-order valence-corrected chi connectivity index (χ0v) is 17.7. The van der Waals surface area contributed by atoms with Gasteiger partial charge in [-0.3, -0.25) is 14.4 Å². The summed E-state index contributed by atoms with van der Waals surface area (Å²) in [7, 11) is -3.43. The Morgan fingerprint density at radius 3 is 2.28 bits per heavy atom. The van der Waals surface area contributed by atoms with Gasteiger partial charge in [-0.1, -0.05) is 6.92 Å². The van der Waals surface area contributed by atoms with Gasteiger partial charge < -0.3 is 10.4 Å². The third kappa shape index (κ3) is 4.67. The fourth-order valence-corrected chi connectivity index (χ4v) is 4.03. The first kappa shape index (κ1) is 23.1. The molecule has 1 aliphatic rings. The number of amides is 3. The van der Waals surface area contributed by atoms with E-state index in [0.29, 0.717) is 0 Å². The average Bonchev–Trinajstić information content (AvgIpc) is 3.01. The third-order valence-electron chi connectivity index (χ3n) is 4.99. The molecule has 0 aromatic heterocycles. The summed E-state index contributed by atoms with van der Waals surface area (Å²) in [5.74, 6) is -4.70. The van der Waals surface area contributed by atoms with Crippen LogP contribution in [0.4, 0.5) is 10.1 Å². The maximum atomic E-state index is 13.2. The van der Waals surface area contributed by atoms with Crippen molar-refractivity contribution in [2.24, 2.45) is 0 Å². The van der Waals surface area contributed by atoms with E-state index in [2.05, 4.69) is 5.32 Å². The number of fused-ring (bicyclic) bond motifs is 1. The van der Waals surface area contributed by atoms with Crippen LogP contribution in [0.1, 0.15) is 44.4 Å². The average molecular weight is 462 g/mol. The Morgan fingerprint density at radius 2 is 1.69 bits per heavy atom. The Morgan fingerprint density at radius 1 is 1.06 bits per heavy atom. The molecule has 1 atom stereocenters. The summed E-state index contributed by atoms with van der Waals surface area (Å²) >= 11 is 0. The fourth-order valence-electron chi connectivity index (χ4n) is 3.15. The molecule has 0 radical (unpaired) electrons. The van der Waals surface area contributed by atoms with Crippen molar-refractivity contribution >= 4 is 39.2 Å². The predicted molar refractivity (Wildman–Crippen MR) is 112 cm³/mol. The van der Waals surface area contributed by atoms with Crippen molar-refractivity contribution in [3.8, 4) is 0 Å². The molecule has 2 aromatic carbocycles. The first-order chi connectivity index (χ1) is 15.0. The monoisotopic (exact) mass is 462 g/mol. The second-order valence-electron chi connectivity index (χ2n) is 7.07. The van der Waals surface area contributed by atoms with Crippen LogP contribution in [0.2, 0.25) is 0 Å². The first-order valence-corrected chi connectivity index (χ1v) is 11.4. The van der Waals surface area contributed by atoms with Gasteiger partial charge in [-0.2, -0.15) is 0 Å². The Bertz CT molecular complexity index is 1210. The lowest BCUT2D eigenvalue weighted by molar-refractivity contribution is -0.139. The molecule has 1 aliphatic heterocycles. The highest BCUT2D eigenvalue weighted by atomic mass is 32.2. The highest BCUT2D eigenvalue weighted by molar-refractivity contribution is 7.91. The van der Waals surface area contributed by atoms with E-state index in [0.717, 1.165) is 23.1 Å². The van der Waals surface area contributed by atoms with E-state index < -0.39 is 51.1 Å². The molecular formula is C21H19FN2O7S. The number of imide groups is 1. The van der Waals surface area contributed by atoms with E-state index in [-0.39, 0.29) is 34.6 Å². The zero-order valence-electron chi connectivity index (χ0n) is 16.9. The third-order valence-corrected chi connectivity index (χ3v) is 6.73. The molecule has 32 heavy (non-hydrogen) atoms. The molecule has 11 heteroatoms. The fraction of sp³-hybridized carbons (Fsp3) is 0.238. The standard InChI is InChI=1S/C21H19FN2O7S/c1-2-32(30,31)10-9-17(21(28)29)23-18(25)12-3-8-15-16(11-12)20(27)24(19(15)26)14-6-4-13(22)5-7-14/h3-8,11,17H,2,9-10H2,1H3,(H,23,25)(H,28,29). The number of anilines is 1. The molecule has 0 bridgehead atoms. The summed E-state index contributed by atoms with van der Waals surface area (Å²) in [6.07, 6.45) is -0.321. The Kier molecular flexibility index (Phi) is 6.40. The molecule has 168 valence electrons. The number of halogens is 1. The molecular weight excluding hydrogens is 443 g/mol. The van der Waals surface area contributed by atoms with E-state index in [1.54, 1.807) is 0 Å². The van der Waals surface area contributed by atoms with Gasteiger partial charge in [0.15, 0.2) is 0 Å². The number of benzene rings is 2. The van der Waals surface area contributed by atoms with Gasteiger partial charge in [0.2, 0.25) is 0 Å². The Hall–Kier alpha value is -3.60. The molecule has 0 spiro atoms. The van der Waals surface area contributed by atoms with E-state index in [9.17, 15) is 37.1 Å². The molecule has 9 nitrogen and oxygen atoms in total. The van der Waals surface area contributed by atoms with Gasteiger partial charge in [-0.25, -0.2) is 22.5 Å². The maximum Gasteiger partial charge on any atom is 0.326 e. The number of carboxylic acid groups (broad SMARTS) is 1. The first-order valence-electron chi connectivity index (χ1n) is 9.56. The lowest BCUT2D eigenvalue weighted by Gasteiger charge is -2.14. The lowest BCUT2D eigenvalue weighted by atomic mass is 10.0. The van der Waals surface area contributed by atoms with Gasteiger partial charge in [0, 0.05) is 11.3 Å². The smallest absolute Gasteiger partial charge is 0.326 e. The number of sulfone groups is 1. The van der Waals surface area contributed by atoms with Crippen LogP contribution >= 0.6 is 0 Å². The van der Waals surface area contributed by atoms with E-state index in [4.69, 9.17) is 0 Å². The molecule has 2 aromatic rings. The summed E-state index contributed by atoms with van der Waals surface area (Å²) in [4.78, 5) is 50.2. The predicted octanol–water partition coefficient (Wildman–Crippen LogP) is 1.63. The lowest BCUT2D eigenvalue weighted by Crippen LogP contribution is -2.42. The number of nitrogens with zero attached hydrogens (tertiary/aromatic N) is 1. The largest absolute Gasteiger partial charge is 0.480 e. The van der Waals surface area contributed by atoms with Crippen LogP contribution in [-0.4, -0.2) is 54.8 Å². The van der Waals surface area contributed by atoms with Crippen LogP contribution in [0.15, 0.2) is 42.5 Å². The van der Waals surface area contributed by atoms with Crippen molar-refractivity contribution in [1.29, 1.82) is 0 Å². The molecule has 1 heterocycles. The molecule has 0 saturated heterocycles. The van der Waals surface area contributed by atoms with Crippen LogP contribution in [0.25, 0.3) is 0 Å². The molecule has 0 fully saturated rings. The van der Waals surface area contributed by atoms with Crippen molar-refractivity contribution < 1.29 is 37.1 Å². The number of carbonyl (C=O) groups excluding carboxylic acids is 3. The van der Waals surface area contributed by atoms with E-state index in [1.807, 2.05) is 0 Å². The number of nitrogens with one attached hydrogen (secondary N) is 1. The van der Waals surface area contributed by atoms with Crippen LogP contribution in [-0.2, 0) is 14.6 Å². The Labute approximate surface area is 182 Å². The van der Waals surface area contributed by atoms with Gasteiger partial charge in [0.05, 0.1) is 22.6 Å². The number of carbonyl (C=O) groups is 4. The summed E-state index contributed by atoms with van der Waals surface area (Å²) in [5.41, 5.74) is 0.0641. The van der Waals surface area contributed by atoms with Crippen LogP contribution in [0.5, 0.6) is 0 Å². The minimum absolute atomic E-state index is 0.0414. The van der Waals surface area contributed by atoms with Gasteiger partial charge in [-0.15, -0.1) is 0 Å². The second kappa shape index (κ2) is 8.87. The number of hydrogen-bond acceptors (Lipinski definition) is 6. The molecule has 3 rings (SSSR count). The minimum Gasteiger partial charge on any atom is -0.480 e. The van der Waals surface area contributed by atoms with Gasteiger partial charge in [0.25, 0.3) is 17.7 Å². The van der Waals surface area contributed by atoms with E-state index >= 15 is 0 Å². The van der Waals surface area contributed by atoms with Crippen LogP contribution < -0.4 is 10.2 Å². The highest BCUT2D eigenvalue weighted by Crippen LogP contribution is 2.29. The number of carboxylic acids is 1. The normalized spacial score (nSPS) is 14.2. The van der Waals surface area contributed by atoms with E-state index in [1.165, 1.54) is 31.2 Å². The van der Waals surface area contributed by atoms with Crippen molar-refractivity contribution in [2.45, 2.75) is 19.4 Å². The molecule has 0 saturated carbocycles.